The number of hydrogen-bond acceptors (Lipinski definition) is 12. The Kier molecular flexibility index (Phi) is 13.8. The number of aromatic nitrogens is 4. The van der Waals surface area contributed by atoms with Gasteiger partial charge in [-0.3, -0.25) is 9.78 Å². The fraction of sp³-hybridized carbons (Fsp3) is 0.344. The number of hydrogen-bond donors (Lipinski definition) is 5. The zero-order valence-corrected chi connectivity index (χ0v) is 30.4. The number of halogens is 7. The Morgan fingerprint density at radius 3 is 2.18 bits per heavy atom. The first-order valence-corrected chi connectivity index (χ1v) is 17.9. The number of nitrogens with one attached hydrogen (secondary N) is 3. The van der Waals surface area contributed by atoms with E-state index in [-0.39, 0.29) is 22.5 Å². The topological polar surface area (TPSA) is 230 Å². The summed E-state index contributed by atoms with van der Waals surface area (Å²) < 4.78 is 95.7. The third-order valence-electron chi connectivity index (χ3n) is 7.98. The van der Waals surface area contributed by atoms with Crippen LogP contribution in [0.4, 0.5) is 55.2 Å². The van der Waals surface area contributed by atoms with E-state index >= 15 is 0 Å². The van der Waals surface area contributed by atoms with E-state index in [1.807, 2.05) is 30.5 Å². The van der Waals surface area contributed by atoms with Crippen molar-refractivity contribution in [3.8, 4) is 0 Å². The molecule has 6 rings (SSSR count). The predicted octanol–water partition coefficient (Wildman–Crippen LogP) is 6.10. The first kappa shape index (κ1) is 43.2. The van der Waals surface area contributed by atoms with Gasteiger partial charge in [0, 0.05) is 37.1 Å². The number of rotatable bonds is 5. The minimum absolute atomic E-state index is 0.0708. The van der Waals surface area contributed by atoms with E-state index < -0.39 is 34.3 Å². The van der Waals surface area contributed by atoms with Crippen LogP contribution in [0.25, 0.3) is 0 Å². The van der Waals surface area contributed by atoms with Crippen LogP contribution in [-0.4, -0.2) is 86.3 Å². The van der Waals surface area contributed by atoms with Gasteiger partial charge in [-0.2, -0.15) is 35.6 Å². The largest absolute Gasteiger partial charge is 0.490 e. The summed E-state index contributed by atoms with van der Waals surface area (Å²) in [7, 11) is -3.67. The second kappa shape index (κ2) is 17.9. The minimum Gasteiger partial charge on any atom is -0.475 e. The number of alkyl halides is 6. The highest BCUT2D eigenvalue weighted by Crippen LogP contribution is 2.31. The Hall–Kier alpha value is -5.55. The van der Waals surface area contributed by atoms with Crippen LogP contribution in [0.5, 0.6) is 0 Å². The summed E-state index contributed by atoms with van der Waals surface area (Å²) in [5, 5.41) is 27.7. The van der Waals surface area contributed by atoms with Crippen molar-refractivity contribution in [1.82, 2.24) is 24.4 Å². The zero-order chi connectivity index (χ0) is 41.4. The summed E-state index contributed by atoms with van der Waals surface area (Å²) in [6.45, 7) is 2.26. The molecule has 5 heterocycles. The van der Waals surface area contributed by atoms with Gasteiger partial charge in [-0.15, -0.1) is 0 Å². The molecule has 24 heteroatoms. The average molecular weight is 837 g/mol. The van der Waals surface area contributed by atoms with Gasteiger partial charge in [0.05, 0.1) is 24.3 Å². The number of nitrogens with zero attached hydrogens (tertiary/aromatic N) is 5. The number of carboxylic acid groups (broad SMARTS) is 2. The van der Waals surface area contributed by atoms with E-state index in [9.17, 15) is 39.6 Å². The fourth-order valence-electron chi connectivity index (χ4n) is 5.25. The van der Waals surface area contributed by atoms with Gasteiger partial charge >= 0.3 is 24.3 Å². The van der Waals surface area contributed by atoms with Crippen LogP contribution in [0.15, 0.2) is 58.5 Å². The summed E-state index contributed by atoms with van der Waals surface area (Å²) in [5.41, 5.74) is 4.22. The number of aliphatic carboxylic acids is 2. The van der Waals surface area contributed by atoms with Crippen molar-refractivity contribution >= 4 is 68.3 Å². The number of anilines is 5. The van der Waals surface area contributed by atoms with Crippen LogP contribution in [0.2, 0.25) is 5.02 Å². The molecular formula is C32H31ClF6N8O8S. The molecule has 0 aliphatic carbocycles. The van der Waals surface area contributed by atoms with Gasteiger partial charge in [0.2, 0.25) is 21.9 Å². The number of piperidine rings is 1. The number of carbonyl (C=O) groups is 3. The van der Waals surface area contributed by atoms with E-state index in [0.717, 1.165) is 28.2 Å². The summed E-state index contributed by atoms with van der Waals surface area (Å²) in [4.78, 5) is 44.1. The maximum atomic E-state index is 13.2. The molecule has 56 heavy (non-hydrogen) atoms. The molecule has 0 unspecified atom stereocenters. The number of aryl methyl sites for hydroxylation is 3. The predicted molar refractivity (Wildman–Crippen MR) is 185 cm³/mol. The third kappa shape index (κ3) is 12.0. The molecule has 0 atom stereocenters. The van der Waals surface area contributed by atoms with Gasteiger partial charge in [-0.05, 0) is 73.9 Å². The molecular weight excluding hydrogens is 806 g/mol. The average Bonchev–Trinajstić information content (AvgIpc) is 3.56. The van der Waals surface area contributed by atoms with Crippen molar-refractivity contribution in [1.29, 1.82) is 0 Å². The Labute approximate surface area is 318 Å². The second-order valence-corrected chi connectivity index (χ2v) is 14.4. The van der Waals surface area contributed by atoms with Crippen molar-refractivity contribution in [3.63, 3.8) is 0 Å². The molecule has 1 saturated heterocycles. The standard InChI is InChI=1S/C28H29ClN8O4S.2C2HF3O2/c1-17-25(16-32-41-17)42(39,40)37-8-6-18(7-9-37)11-26(38)35-24-5-4-21-12-20(24)3-2-19-10-22(14-30-13-19)34-28-31-15-23(29)27(33-21)36-28;2*3-2(4,5)1(6)7/h4-5,10,12-16,18H,2-3,6-9,11H2,1H3,(H,35,38)(H2,31,33,34,36);2*(H,6,7). The zero-order valence-electron chi connectivity index (χ0n) is 28.8. The lowest BCUT2D eigenvalue weighted by Crippen LogP contribution is -2.39. The lowest BCUT2D eigenvalue weighted by Gasteiger charge is -2.30. The Bertz CT molecular complexity index is 2140. The van der Waals surface area contributed by atoms with Gasteiger partial charge in [0.15, 0.2) is 11.6 Å². The minimum atomic E-state index is -5.08. The van der Waals surface area contributed by atoms with Crippen LogP contribution >= 0.6 is 11.6 Å². The molecule has 4 aromatic rings. The molecule has 2 aliphatic heterocycles. The molecule has 16 nitrogen and oxygen atoms in total. The van der Waals surface area contributed by atoms with Gasteiger partial charge in [0.1, 0.15) is 9.92 Å². The van der Waals surface area contributed by atoms with Crippen LogP contribution in [0.3, 0.4) is 0 Å². The smallest absolute Gasteiger partial charge is 0.475 e. The van der Waals surface area contributed by atoms with Crippen LogP contribution in [0.1, 0.15) is 36.1 Å². The number of carboxylic acids is 2. The van der Waals surface area contributed by atoms with Gasteiger partial charge in [-0.1, -0.05) is 16.8 Å². The van der Waals surface area contributed by atoms with E-state index in [1.54, 1.807) is 13.1 Å². The molecule has 1 amide bonds. The van der Waals surface area contributed by atoms with E-state index in [1.165, 1.54) is 16.7 Å². The lowest BCUT2D eigenvalue weighted by atomic mass is 9.94. The number of benzene rings is 1. The molecule has 302 valence electrons. The third-order valence-corrected chi connectivity index (χ3v) is 10.2. The quantitative estimate of drug-likeness (QED) is 0.143. The maximum Gasteiger partial charge on any atom is 0.490 e. The molecule has 3 aromatic heterocycles. The van der Waals surface area contributed by atoms with Crippen LogP contribution < -0.4 is 16.0 Å². The first-order valence-electron chi connectivity index (χ1n) is 16.1. The SMILES string of the molecule is Cc1oncc1S(=O)(=O)N1CCC(CC(=O)Nc2ccc3cc2CCc2cncc(c2)Nc2ncc(Cl)c(n2)N3)CC1.O=C(O)C(F)(F)F.O=C(O)C(F)(F)F. The molecule has 0 spiro atoms. The van der Waals surface area contributed by atoms with Crippen molar-refractivity contribution in [2.45, 2.75) is 56.3 Å². The molecule has 2 aliphatic rings. The van der Waals surface area contributed by atoms with Gasteiger partial charge in [-0.25, -0.2) is 23.0 Å². The Balaban J connectivity index is 0.000000425. The lowest BCUT2D eigenvalue weighted by molar-refractivity contribution is -0.193. The summed E-state index contributed by atoms with van der Waals surface area (Å²) in [6.07, 6.45) is -1.04. The molecule has 1 fully saturated rings. The number of amides is 1. The highest BCUT2D eigenvalue weighted by atomic mass is 35.5. The first-order chi connectivity index (χ1) is 26.1. The normalized spacial score (nSPS) is 14.7. The number of carbonyl (C=O) groups excluding carboxylic acids is 1. The van der Waals surface area contributed by atoms with E-state index in [2.05, 4.69) is 36.1 Å². The van der Waals surface area contributed by atoms with Crippen LogP contribution in [0, 0.1) is 12.8 Å². The van der Waals surface area contributed by atoms with E-state index in [0.29, 0.717) is 62.0 Å². The fourth-order valence-corrected chi connectivity index (χ4v) is 6.93. The monoisotopic (exact) mass is 836 g/mol. The Morgan fingerprint density at radius 1 is 0.946 bits per heavy atom. The molecule has 6 bridgehead atoms. The highest BCUT2D eigenvalue weighted by molar-refractivity contribution is 7.89. The summed E-state index contributed by atoms with van der Waals surface area (Å²) in [6, 6.07) is 7.71. The van der Waals surface area contributed by atoms with Crippen molar-refractivity contribution < 1.29 is 63.9 Å². The maximum absolute atomic E-state index is 13.2. The number of pyridine rings is 1. The van der Waals surface area contributed by atoms with Crippen molar-refractivity contribution in [2.24, 2.45) is 5.92 Å². The van der Waals surface area contributed by atoms with Crippen LogP contribution in [-0.2, 0) is 37.2 Å². The van der Waals surface area contributed by atoms with Crippen molar-refractivity contribution in [2.75, 3.05) is 29.0 Å². The second-order valence-electron chi connectivity index (χ2n) is 12.0. The van der Waals surface area contributed by atoms with Crippen molar-refractivity contribution in [3.05, 3.63) is 71.0 Å². The molecule has 5 N–H and O–H groups in total. The molecule has 1 aromatic carbocycles. The van der Waals surface area contributed by atoms with Gasteiger partial charge in [0.25, 0.3) is 0 Å². The summed E-state index contributed by atoms with van der Waals surface area (Å²) in [5.74, 6) is -4.44. The summed E-state index contributed by atoms with van der Waals surface area (Å²) >= 11 is 6.36. The number of sulfonamides is 1. The van der Waals surface area contributed by atoms with Gasteiger partial charge < -0.3 is 30.7 Å². The highest BCUT2D eigenvalue weighted by Gasteiger charge is 2.39. The Morgan fingerprint density at radius 2 is 1.59 bits per heavy atom. The van der Waals surface area contributed by atoms with E-state index in [4.69, 9.17) is 35.9 Å². The number of fused-ring (bicyclic) bond motifs is 6. The molecule has 0 radical (unpaired) electrons. The molecule has 0 saturated carbocycles.